The van der Waals surface area contributed by atoms with Crippen molar-refractivity contribution < 1.29 is 0 Å². The molecule has 4 rings (SSSR count). The maximum atomic E-state index is 8.69. The van der Waals surface area contributed by atoms with Gasteiger partial charge < -0.3 is 4.98 Å². The van der Waals surface area contributed by atoms with Crippen LogP contribution in [0.2, 0.25) is 0 Å². The number of rotatable bonds is 5. The Morgan fingerprint density at radius 1 is 1.00 bits per heavy atom. The van der Waals surface area contributed by atoms with E-state index in [4.69, 9.17) is 5.26 Å². The second kappa shape index (κ2) is 7.03. The summed E-state index contributed by atoms with van der Waals surface area (Å²) in [6, 6.07) is 16.1. The van der Waals surface area contributed by atoms with Crippen molar-refractivity contribution in [2.45, 2.75) is 13.0 Å². The third-order valence-corrected chi connectivity index (χ3v) is 4.08. The number of aryl methyl sites for hydroxylation is 1. The molecule has 0 saturated heterocycles. The highest BCUT2D eigenvalue weighted by Gasteiger charge is 2.09. The first kappa shape index (κ1) is 15.8. The Balaban J connectivity index is 1.61. The van der Waals surface area contributed by atoms with Crippen molar-refractivity contribution in [3.8, 4) is 40.0 Å². The highest BCUT2D eigenvalue weighted by Crippen LogP contribution is 2.25. The van der Waals surface area contributed by atoms with Gasteiger partial charge >= 0.3 is 0 Å². The summed E-state index contributed by atoms with van der Waals surface area (Å²) in [7, 11) is 0. The van der Waals surface area contributed by atoms with Gasteiger partial charge in [-0.2, -0.15) is 10.4 Å². The molecule has 0 fully saturated rings. The SMILES string of the molecule is N#CCCn1cc(-c2ccnc(-c3ncc(-c4ccccc4)[nH]3)c2)cn1. The number of aromatic nitrogens is 5. The van der Waals surface area contributed by atoms with E-state index in [1.54, 1.807) is 17.1 Å². The standard InChI is InChI=1S/C20H16N6/c21-8-4-10-26-14-17(12-24-26)16-7-9-22-18(11-16)20-23-13-19(25-20)15-5-2-1-3-6-15/h1-3,5-7,9,11-14H,4,10H2,(H,23,25). The first-order chi connectivity index (χ1) is 12.8. The van der Waals surface area contributed by atoms with Crippen LogP contribution < -0.4 is 0 Å². The third kappa shape index (κ3) is 3.23. The molecule has 0 radical (unpaired) electrons. The monoisotopic (exact) mass is 340 g/mol. The van der Waals surface area contributed by atoms with Crippen molar-refractivity contribution in [3.63, 3.8) is 0 Å². The molecule has 0 spiro atoms. The number of imidazole rings is 1. The van der Waals surface area contributed by atoms with Crippen LogP contribution in [-0.2, 0) is 6.54 Å². The van der Waals surface area contributed by atoms with Crippen LogP contribution in [0.4, 0.5) is 0 Å². The average molecular weight is 340 g/mol. The first-order valence-electron chi connectivity index (χ1n) is 8.30. The summed E-state index contributed by atoms with van der Waals surface area (Å²) in [4.78, 5) is 12.2. The van der Waals surface area contributed by atoms with Crippen molar-refractivity contribution in [1.29, 1.82) is 5.26 Å². The Bertz CT molecular complexity index is 1060. The molecule has 0 atom stereocenters. The predicted molar refractivity (Wildman–Crippen MR) is 98.7 cm³/mol. The van der Waals surface area contributed by atoms with Gasteiger partial charge in [0.15, 0.2) is 5.82 Å². The lowest BCUT2D eigenvalue weighted by molar-refractivity contribution is 0.628. The summed E-state index contributed by atoms with van der Waals surface area (Å²) in [5.41, 5.74) is 4.81. The molecule has 0 aliphatic heterocycles. The maximum absolute atomic E-state index is 8.69. The molecule has 0 saturated carbocycles. The van der Waals surface area contributed by atoms with Crippen LogP contribution in [0.3, 0.4) is 0 Å². The predicted octanol–water partition coefficient (Wildman–Crippen LogP) is 3.92. The maximum Gasteiger partial charge on any atom is 0.156 e. The van der Waals surface area contributed by atoms with Crippen LogP contribution in [-0.4, -0.2) is 24.7 Å². The molecule has 0 aliphatic rings. The molecule has 0 bridgehead atoms. The molecule has 0 unspecified atom stereocenters. The molecular formula is C20H16N6. The summed E-state index contributed by atoms with van der Waals surface area (Å²) in [6.07, 6.45) is 7.76. The zero-order valence-electron chi connectivity index (χ0n) is 14.0. The molecule has 126 valence electrons. The molecule has 6 heteroatoms. The number of nitriles is 1. The lowest BCUT2D eigenvalue weighted by Gasteiger charge is -2.01. The second-order valence-electron chi connectivity index (χ2n) is 5.84. The number of hydrogen-bond acceptors (Lipinski definition) is 4. The van der Waals surface area contributed by atoms with Gasteiger partial charge in [-0.15, -0.1) is 0 Å². The van der Waals surface area contributed by atoms with Crippen molar-refractivity contribution >= 4 is 0 Å². The van der Waals surface area contributed by atoms with E-state index in [2.05, 4.69) is 26.1 Å². The number of nitrogens with zero attached hydrogens (tertiary/aromatic N) is 5. The molecule has 1 N–H and O–H groups in total. The van der Waals surface area contributed by atoms with E-state index in [0.29, 0.717) is 13.0 Å². The van der Waals surface area contributed by atoms with Gasteiger partial charge in [0.25, 0.3) is 0 Å². The summed E-state index contributed by atoms with van der Waals surface area (Å²) < 4.78 is 1.78. The van der Waals surface area contributed by atoms with E-state index in [9.17, 15) is 0 Å². The molecule has 3 heterocycles. The minimum Gasteiger partial charge on any atom is -0.337 e. The van der Waals surface area contributed by atoms with Crippen LogP contribution in [0, 0.1) is 11.3 Å². The zero-order valence-corrected chi connectivity index (χ0v) is 14.0. The van der Waals surface area contributed by atoms with E-state index in [0.717, 1.165) is 33.9 Å². The van der Waals surface area contributed by atoms with Crippen LogP contribution in [0.5, 0.6) is 0 Å². The number of hydrogen-bond donors (Lipinski definition) is 1. The summed E-state index contributed by atoms with van der Waals surface area (Å²) in [5, 5.41) is 13.0. The quantitative estimate of drug-likeness (QED) is 0.597. The van der Waals surface area contributed by atoms with Gasteiger partial charge in [-0.1, -0.05) is 30.3 Å². The molecule has 0 aliphatic carbocycles. The summed E-state index contributed by atoms with van der Waals surface area (Å²) in [5.74, 6) is 0.725. The molecule has 26 heavy (non-hydrogen) atoms. The van der Waals surface area contributed by atoms with Gasteiger partial charge in [-0.05, 0) is 23.3 Å². The van der Waals surface area contributed by atoms with Crippen molar-refractivity contribution in [2.24, 2.45) is 0 Å². The van der Waals surface area contributed by atoms with E-state index in [-0.39, 0.29) is 0 Å². The smallest absolute Gasteiger partial charge is 0.156 e. The highest BCUT2D eigenvalue weighted by atomic mass is 15.3. The molecule has 0 amide bonds. The van der Waals surface area contributed by atoms with Gasteiger partial charge in [0.1, 0.15) is 5.69 Å². The third-order valence-electron chi connectivity index (χ3n) is 4.08. The van der Waals surface area contributed by atoms with E-state index in [1.807, 2.05) is 54.9 Å². The first-order valence-corrected chi connectivity index (χ1v) is 8.30. The molecule has 6 nitrogen and oxygen atoms in total. The minimum atomic E-state index is 0.442. The van der Waals surface area contributed by atoms with E-state index in [1.165, 1.54) is 0 Å². The fourth-order valence-corrected chi connectivity index (χ4v) is 2.75. The number of H-pyrrole nitrogens is 1. The fourth-order valence-electron chi connectivity index (χ4n) is 2.75. The van der Waals surface area contributed by atoms with E-state index >= 15 is 0 Å². The van der Waals surface area contributed by atoms with Gasteiger partial charge in [-0.25, -0.2) is 4.98 Å². The minimum absolute atomic E-state index is 0.442. The van der Waals surface area contributed by atoms with Crippen molar-refractivity contribution in [1.82, 2.24) is 24.7 Å². The molecule has 3 aromatic heterocycles. The number of pyridine rings is 1. The zero-order chi connectivity index (χ0) is 17.8. The number of nitrogens with one attached hydrogen (secondary N) is 1. The lowest BCUT2D eigenvalue weighted by atomic mass is 10.1. The average Bonchev–Trinajstić information content (AvgIpc) is 3.37. The summed E-state index contributed by atoms with van der Waals surface area (Å²) >= 11 is 0. The second-order valence-corrected chi connectivity index (χ2v) is 5.84. The number of benzene rings is 1. The number of aromatic amines is 1. The Hall–Kier alpha value is -3.72. The van der Waals surface area contributed by atoms with Crippen LogP contribution in [0.1, 0.15) is 6.42 Å². The van der Waals surface area contributed by atoms with E-state index < -0.39 is 0 Å². The highest BCUT2D eigenvalue weighted by molar-refractivity contribution is 5.68. The fraction of sp³-hybridized carbons (Fsp3) is 0.100. The van der Waals surface area contributed by atoms with Crippen LogP contribution in [0.15, 0.2) is 67.3 Å². The molecular weight excluding hydrogens is 324 g/mol. The van der Waals surface area contributed by atoms with Gasteiger partial charge in [0, 0.05) is 18.0 Å². The lowest BCUT2D eigenvalue weighted by Crippen LogP contribution is -1.96. The Morgan fingerprint density at radius 3 is 2.73 bits per heavy atom. The Morgan fingerprint density at radius 2 is 1.88 bits per heavy atom. The summed E-state index contributed by atoms with van der Waals surface area (Å²) in [6.45, 7) is 0.590. The van der Waals surface area contributed by atoms with Crippen molar-refractivity contribution in [3.05, 3.63) is 67.3 Å². The molecule has 1 aromatic carbocycles. The van der Waals surface area contributed by atoms with Gasteiger partial charge in [0.05, 0.1) is 37.1 Å². The topological polar surface area (TPSA) is 83.2 Å². The normalized spacial score (nSPS) is 10.6. The van der Waals surface area contributed by atoms with Crippen molar-refractivity contribution in [2.75, 3.05) is 0 Å². The van der Waals surface area contributed by atoms with Gasteiger partial charge in [0.2, 0.25) is 0 Å². The van der Waals surface area contributed by atoms with Gasteiger partial charge in [-0.3, -0.25) is 9.67 Å². The Labute approximate surface area is 150 Å². The Kier molecular flexibility index (Phi) is 4.27. The molecule has 4 aromatic rings. The van der Waals surface area contributed by atoms with Crippen LogP contribution in [0.25, 0.3) is 33.9 Å². The van der Waals surface area contributed by atoms with Crippen LogP contribution >= 0.6 is 0 Å². The largest absolute Gasteiger partial charge is 0.337 e.